The summed E-state index contributed by atoms with van der Waals surface area (Å²) in [7, 11) is 0. The van der Waals surface area contributed by atoms with Gasteiger partial charge in [-0.15, -0.1) is 11.6 Å². The number of hydrogen-bond donors (Lipinski definition) is 0. The molecule has 1 heterocycles. The van der Waals surface area contributed by atoms with E-state index in [9.17, 15) is 13.2 Å². The van der Waals surface area contributed by atoms with Crippen LogP contribution in [0.25, 0.3) is 11.0 Å². The Morgan fingerprint density at radius 3 is 2.65 bits per heavy atom. The molecule has 0 aliphatic carbocycles. The third-order valence-corrected chi connectivity index (χ3v) is 3.33. The summed E-state index contributed by atoms with van der Waals surface area (Å²) in [5.41, 5.74) is 2.67. The lowest BCUT2D eigenvalue weighted by Gasteiger charge is -2.11. The zero-order chi connectivity index (χ0) is 14.9. The Balaban J connectivity index is 2.32. The Morgan fingerprint density at radius 2 is 2.05 bits per heavy atom. The predicted molar refractivity (Wildman–Crippen MR) is 74.0 cm³/mol. The van der Waals surface area contributed by atoms with Crippen molar-refractivity contribution in [2.24, 2.45) is 0 Å². The Labute approximate surface area is 120 Å². The van der Waals surface area contributed by atoms with E-state index in [0.29, 0.717) is 5.82 Å². The van der Waals surface area contributed by atoms with Crippen molar-refractivity contribution in [3.63, 3.8) is 0 Å². The molecule has 2 rings (SSSR count). The number of alkyl halides is 4. The highest BCUT2D eigenvalue weighted by Crippen LogP contribution is 2.27. The standard InChI is InChI=1S/C14H16ClF3N2/c1-9-4-5-12-11(8-9)19-13(10(2)15)20(12)7-3-6-14(16,17)18/h4-5,8,10H,3,6-7H2,1-2H3. The fourth-order valence-electron chi connectivity index (χ4n) is 2.23. The molecule has 0 fully saturated rings. The van der Waals surface area contributed by atoms with Gasteiger partial charge in [-0.2, -0.15) is 13.2 Å². The lowest BCUT2D eigenvalue weighted by Crippen LogP contribution is -2.11. The monoisotopic (exact) mass is 304 g/mol. The molecule has 2 aromatic rings. The molecule has 0 N–H and O–H groups in total. The fraction of sp³-hybridized carbons (Fsp3) is 0.500. The van der Waals surface area contributed by atoms with Crippen LogP contribution in [0, 0.1) is 6.92 Å². The van der Waals surface area contributed by atoms with Gasteiger partial charge in [0.25, 0.3) is 0 Å². The van der Waals surface area contributed by atoms with Crippen LogP contribution in [0.3, 0.4) is 0 Å². The van der Waals surface area contributed by atoms with Gasteiger partial charge in [-0.3, -0.25) is 0 Å². The van der Waals surface area contributed by atoms with E-state index >= 15 is 0 Å². The third kappa shape index (κ3) is 3.45. The van der Waals surface area contributed by atoms with E-state index in [-0.39, 0.29) is 18.3 Å². The molecule has 0 spiro atoms. The Kier molecular flexibility index (Phi) is 4.28. The predicted octanol–water partition coefficient (Wildman–Crippen LogP) is 4.99. The number of fused-ring (bicyclic) bond motifs is 1. The minimum absolute atomic E-state index is 0.0272. The molecule has 1 aromatic heterocycles. The largest absolute Gasteiger partial charge is 0.389 e. The van der Waals surface area contributed by atoms with E-state index in [1.807, 2.05) is 25.1 Å². The van der Waals surface area contributed by atoms with Gasteiger partial charge in [-0.1, -0.05) is 6.07 Å². The molecule has 110 valence electrons. The van der Waals surface area contributed by atoms with Crippen LogP contribution in [0.5, 0.6) is 0 Å². The van der Waals surface area contributed by atoms with Crippen LogP contribution in [-0.4, -0.2) is 15.7 Å². The number of nitrogens with zero attached hydrogens (tertiary/aromatic N) is 2. The van der Waals surface area contributed by atoms with Crippen LogP contribution >= 0.6 is 11.6 Å². The zero-order valence-electron chi connectivity index (χ0n) is 11.3. The first-order valence-electron chi connectivity index (χ1n) is 6.45. The molecule has 0 bridgehead atoms. The second-order valence-corrected chi connectivity index (χ2v) is 5.60. The molecule has 0 radical (unpaired) electrons. The van der Waals surface area contributed by atoms with Gasteiger partial charge in [-0.25, -0.2) is 4.98 Å². The first kappa shape index (κ1) is 15.2. The average molecular weight is 305 g/mol. The highest BCUT2D eigenvalue weighted by Gasteiger charge is 2.26. The van der Waals surface area contributed by atoms with Crippen LogP contribution in [0.1, 0.15) is 36.5 Å². The molecule has 2 nitrogen and oxygen atoms in total. The summed E-state index contributed by atoms with van der Waals surface area (Å²) in [6.45, 7) is 3.99. The molecule has 0 amide bonds. The van der Waals surface area contributed by atoms with Gasteiger partial charge in [-0.05, 0) is 38.0 Å². The molecule has 1 atom stereocenters. The van der Waals surface area contributed by atoms with Gasteiger partial charge in [0.2, 0.25) is 0 Å². The topological polar surface area (TPSA) is 17.8 Å². The van der Waals surface area contributed by atoms with E-state index < -0.39 is 12.6 Å². The van der Waals surface area contributed by atoms with Crippen LogP contribution in [0.4, 0.5) is 13.2 Å². The summed E-state index contributed by atoms with van der Waals surface area (Å²) < 4.78 is 38.6. The molecule has 6 heteroatoms. The molecule has 0 aliphatic rings. The summed E-state index contributed by atoms with van der Waals surface area (Å²) in [6.07, 6.45) is -4.90. The quantitative estimate of drug-likeness (QED) is 0.728. The first-order valence-corrected chi connectivity index (χ1v) is 6.89. The summed E-state index contributed by atoms with van der Waals surface area (Å²) in [4.78, 5) is 4.44. The smallest absolute Gasteiger partial charge is 0.327 e. The van der Waals surface area contributed by atoms with Gasteiger partial charge in [0.15, 0.2) is 0 Å². The molecule has 0 saturated heterocycles. The number of rotatable bonds is 4. The maximum absolute atomic E-state index is 12.3. The van der Waals surface area contributed by atoms with Crippen LogP contribution < -0.4 is 0 Å². The maximum atomic E-state index is 12.3. The lowest BCUT2D eigenvalue weighted by atomic mass is 10.2. The molecular formula is C14H16ClF3N2. The van der Waals surface area contributed by atoms with Crippen LogP contribution in [0.15, 0.2) is 18.2 Å². The first-order chi connectivity index (χ1) is 9.28. The summed E-state index contributed by atoms with van der Waals surface area (Å²) in [5, 5.41) is -0.339. The van der Waals surface area contributed by atoms with Crippen molar-refractivity contribution >= 4 is 22.6 Å². The highest BCUT2D eigenvalue weighted by molar-refractivity contribution is 6.20. The molecular weight excluding hydrogens is 289 g/mol. The van der Waals surface area contributed by atoms with Crippen LogP contribution in [0.2, 0.25) is 0 Å². The Hall–Kier alpha value is -1.23. The average Bonchev–Trinajstić information content (AvgIpc) is 2.66. The van der Waals surface area contributed by atoms with E-state index in [0.717, 1.165) is 16.6 Å². The second-order valence-electron chi connectivity index (χ2n) is 4.95. The van der Waals surface area contributed by atoms with Crippen LogP contribution in [-0.2, 0) is 6.54 Å². The van der Waals surface area contributed by atoms with E-state index in [4.69, 9.17) is 11.6 Å². The minimum atomic E-state index is -4.13. The summed E-state index contributed by atoms with van der Waals surface area (Å²) in [6, 6.07) is 5.72. The molecule has 1 aromatic carbocycles. The number of imidazole rings is 1. The molecule has 1 unspecified atom stereocenters. The zero-order valence-corrected chi connectivity index (χ0v) is 12.1. The van der Waals surface area contributed by atoms with Gasteiger partial charge < -0.3 is 4.57 Å². The molecule has 0 saturated carbocycles. The normalized spacial score (nSPS) is 13.9. The summed E-state index contributed by atoms with van der Waals surface area (Å²) in [5.74, 6) is 0.620. The minimum Gasteiger partial charge on any atom is -0.327 e. The number of benzene rings is 1. The summed E-state index contributed by atoms with van der Waals surface area (Å²) >= 11 is 6.08. The van der Waals surface area contributed by atoms with E-state index in [1.54, 1.807) is 11.5 Å². The number of halogens is 4. The Morgan fingerprint density at radius 1 is 1.35 bits per heavy atom. The van der Waals surface area contributed by atoms with Crippen molar-refractivity contribution in [3.8, 4) is 0 Å². The van der Waals surface area contributed by atoms with Crippen molar-refractivity contribution in [1.82, 2.24) is 9.55 Å². The molecule has 0 aliphatic heterocycles. The van der Waals surface area contributed by atoms with Gasteiger partial charge >= 0.3 is 6.18 Å². The van der Waals surface area contributed by atoms with Gasteiger partial charge in [0, 0.05) is 13.0 Å². The van der Waals surface area contributed by atoms with Crippen molar-refractivity contribution < 1.29 is 13.2 Å². The van der Waals surface area contributed by atoms with Crippen molar-refractivity contribution in [3.05, 3.63) is 29.6 Å². The van der Waals surface area contributed by atoms with Gasteiger partial charge in [0.05, 0.1) is 16.4 Å². The fourth-order valence-corrected chi connectivity index (χ4v) is 2.40. The maximum Gasteiger partial charge on any atom is 0.389 e. The van der Waals surface area contributed by atoms with E-state index in [2.05, 4.69) is 4.98 Å². The highest BCUT2D eigenvalue weighted by atomic mass is 35.5. The van der Waals surface area contributed by atoms with Crippen molar-refractivity contribution in [2.75, 3.05) is 0 Å². The number of aromatic nitrogens is 2. The Bertz CT molecular complexity index is 602. The SMILES string of the molecule is Cc1ccc2c(c1)nc(C(C)Cl)n2CCCC(F)(F)F. The van der Waals surface area contributed by atoms with Crippen molar-refractivity contribution in [1.29, 1.82) is 0 Å². The molecule has 20 heavy (non-hydrogen) atoms. The van der Waals surface area contributed by atoms with Gasteiger partial charge in [0.1, 0.15) is 5.82 Å². The number of hydrogen-bond acceptors (Lipinski definition) is 1. The van der Waals surface area contributed by atoms with E-state index in [1.165, 1.54) is 0 Å². The second kappa shape index (κ2) is 5.64. The van der Waals surface area contributed by atoms with Crippen molar-refractivity contribution in [2.45, 2.75) is 44.8 Å². The third-order valence-electron chi connectivity index (χ3n) is 3.13. The number of aryl methyl sites for hydroxylation is 2. The lowest BCUT2D eigenvalue weighted by molar-refractivity contribution is -0.135.